The molecule has 2 amide bonds. The van der Waals surface area contributed by atoms with Gasteiger partial charge in [-0.2, -0.15) is 0 Å². The summed E-state index contributed by atoms with van der Waals surface area (Å²) in [6, 6.07) is 15.5. The zero-order valence-corrected chi connectivity index (χ0v) is 19.1. The van der Waals surface area contributed by atoms with Crippen molar-refractivity contribution < 1.29 is 19.8 Å². The molecule has 32 heavy (non-hydrogen) atoms. The van der Waals surface area contributed by atoms with Crippen molar-refractivity contribution in [3.05, 3.63) is 80.0 Å². The van der Waals surface area contributed by atoms with Gasteiger partial charge in [0.2, 0.25) is 5.95 Å². The zero-order chi connectivity index (χ0) is 22.6. The maximum atomic E-state index is 13.5. The van der Waals surface area contributed by atoms with Crippen LogP contribution in [0.25, 0.3) is 11.0 Å². The Balaban J connectivity index is 1.67. The monoisotopic (exact) mass is 512 g/mol. The van der Waals surface area contributed by atoms with Crippen LogP contribution in [0, 0.1) is 0 Å². The molecule has 0 bridgehead atoms. The molecule has 2 unspecified atom stereocenters. The highest BCUT2D eigenvalue weighted by Gasteiger charge is 2.52. The van der Waals surface area contributed by atoms with E-state index in [1.165, 1.54) is 16.2 Å². The Morgan fingerprint density at radius 2 is 2.03 bits per heavy atom. The molecule has 0 aliphatic carbocycles. The van der Waals surface area contributed by atoms with Gasteiger partial charge in [-0.05, 0) is 53.2 Å². The molecule has 2 aromatic heterocycles. The van der Waals surface area contributed by atoms with E-state index in [0.29, 0.717) is 27.7 Å². The number of benzene rings is 2. The molecular formula is C22H17BrN4O4S. The Morgan fingerprint density at radius 3 is 2.75 bits per heavy atom. The molecule has 1 aliphatic rings. The molecule has 4 aromatic rings. The van der Waals surface area contributed by atoms with Gasteiger partial charge in [-0.1, -0.05) is 24.3 Å². The van der Waals surface area contributed by atoms with E-state index in [-0.39, 0.29) is 11.9 Å². The molecule has 3 heterocycles. The predicted octanol–water partition coefficient (Wildman–Crippen LogP) is 4.89. The highest BCUT2D eigenvalue weighted by Crippen LogP contribution is 2.48. The van der Waals surface area contributed by atoms with E-state index in [9.17, 15) is 14.7 Å². The number of nitrogens with one attached hydrogen (secondary N) is 2. The fourth-order valence-corrected chi connectivity index (χ4v) is 5.66. The van der Waals surface area contributed by atoms with Crippen molar-refractivity contribution in [2.24, 2.45) is 0 Å². The van der Waals surface area contributed by atoms with E-state index < -0.39 is 17.9 Å². The van der Waals surface area contributed by atoms with Crippen LogP contribution in [0.2, 0.25) is 0 Å². The fraction of sp³-hybridized carbons (Fsp3) is 0.136. The van der Waals surface area contributed by atoms with Crippen LogP contribution in [-0.4, -0.2) is 37.1 Å². The molecule has 162 valence electrons. The average molecular weight is 513 g/mol. The zero-order valence-electron chi connectivity index (χ0n) is 16.7. The van der Waals surface area contributed by atoms with E-state index in [2.05, 4.69) is 31.2 Å². The summed E-state index contributed by atoms with van der Waals surface area (Å²) in [4.78, 5) is 33.9. The summed E-state index contributed by atoms with van der Waals surface area (Å²) in [5.74, 6) is -0.189. The first-order valence-electron chi connectivity index (χ1n) is 9.70. The number of aromatic nitrogens is 2. The number of fused-ring (bicyclic) bond motifs is 2. The van der Waals surface area contributed by atoms with Crippen LogP contribution in [0.15, 0.2) is 58.4 Å². The number of amides is 2. The smallest absolute Gasteiger partial charge is 0.411 e. The van der Waals surface area contributed by atoms with Gasteiger partial charge < -0.3 is 15.2 Å². The number of carbonyl (C=O) groups is 2. The number of halogens is 1. The summed E-state index contributed by atoms with van der Waals surface area (Å²) in [6.45, 7) is 1.89. The number of hydrogen-bond donors (Lipinski definition) is 4. The van der Waals surface area contributed by atoms with Crippen LogP contribution in [0.3, 0.4) is 0 Å². The Kier molecular flexibility index (Phi) is 4.81. The third-order valence-electron chi connectivity index (χ3n) is 5.60. The quantitative estimate of drug-likeness (QED) is 0.310. The van der Waals surface area contributed by atoms with Crippen LogP contribution in [0.5, 0.6) is 0 Å². The van der Waals surface area contributed by atoms with Crippen LogP contribution in [0.4, 0.5) is 10.7 Å². The standard InChI is InChI=1S/C22H17BrN4O4S/c1-11(17-8-9-18(23)32-17)27-19(28)13-4-2-3-5-14(13)22(27,31)12-6-7-15-16(10-12)25-20(24-15)26-21(29)30/h2-11,31H,1H3,(H,29,30)(H2,24,25,26). The number of anilines is 1. The largest absolute Gasteiger partial charge is 0.465 e. The number of H-pyrrole nitrogens is 1. The van der Waals surface area contributed by atoms with E-state index >= 15 is 0 Å². The minimum absolute atomic E-state index is 0.0770. The van der Waals surface area contributed by atoms with Gasteiger partial charge >= 0.3 is 6.09 Å². The Morgan fingerprint density at radius 1 is 1.25 bits per heavy atom. The highest BCUT2D eigenvalue weighted by molar-refractivity contribution is 9.11. The molecule has 0 fully saturated rings. The summed E-state index contributed by atoms with van der Waals surface area (Å²) in [5.41, 5.74) is 0.744. The summed E-state index contributed by atoms with van der Waals surface area (Å²) in [7, 11) is 0. The first-order valence-corrected chi connectivity index (χ1v) is 11.3. The number of thiophene rings is 1. The topological polar surface area (TPSA) is 119 Å². The summed E-state index contributed by atoms with van der Waals surface area (Å²) in [5, 5.41) is 23.3. The molecule has 0 saturated heterocycles. The molecule has 8 nitrogen and oxygen atoms in total. The minimum Gasteiger partial charge on any atom is -0.465 e. The summed E-state index contributed by atoms with van der Waals surface area (Å²) in [6.07, 6.45) is -1.24. The Hall–Kier alpha value is -3.21. The maximum absolute atomic E-state index is 13.5. The second kappa shape index (κ2) is 7.44. The van der Waals surface area contributed by atoms with Crippen molar-refractivity contribution in [3.8, 4) is 0 Å². The molecule has 4 N–H and O–H groups in total. The lowest BCUT2D eigenvalue weighted by atomic mass is 9.93. The SMILES string of the molecule is CC(c1ccc(Br)s1)N1C(=O)c2ccccc2C1(O)c1ccc2nc(NC(=O)O)[nH]c2c1. The molecule has 2 atom stereocenters. The van der Waals surface area contributed by atoms with Gasteiger partial charge in [0.25, 0.3) is 5.91 Å². The van der Waals surface area contributed by atoms with Crippen molar-refractivity contribution in [1.82, 2.24) is 14.9 Å². The van der Waals surface area contributed by atoms with Gasteiger partial charge in [0.05, 0.1) is 20.9 Å². The maximum Gasteiger partial charge on any atom is 0.411 e. The van der Waals surface area contributed by atoms with Crippen LogP contribution in [0.1, 0.15) is 39.3 Å². The van der Waals surface area contributed by atoms with Crippen molar-refractivity contribution >= 4 is 56.2 Å². The number of hydrogen-bond acceptors (Lipinski definition) is 5. The second-order valence-corrected chi connectivity index (χ2v) is 9.95. The van der Waals surface area contributed by atoms with Crippen LogP contribution < -0.4 is 5.32 Å². The number of carboxylic acid groups (broad SMARTS) is 1. The lowest BCUT2D eigenvalue weighted by Crippen LogP contribution is -2.45. The molecule has 0 saturated carbocycles. The number of aromatic amines is 1. The van der Waals surface area contributed by atoms with Gasteiger partial charge in [-0.3, -0.25) is 15.0 Å². The van der Waals surface area contributed by atoms with Gasteiger partial charge in [0.15, 0.2) is 5.72 Å². The average Bonchev–Trinajstić information content (AvgIpc) is 3.42. The number of rotatable bonds is 4. The van der Waals surface area contributed by atoms with Gasteiger partial charge in [-0.15, -0.1) is 11.3 Å². The lowest BCUT2D eigenvalue weighted by molar-refractivity contribution is -0.0670. The first-order chi connectivity index (χ1) is 15.3. The summed E-state index contributed by atoms with van der Waals surface area (Å²) < 4.78 is 0.935. The third-order valence-corrected chi connectivity index (χ3v) is 7.40. The normalized spacial score (nSPS) is 18.7. The van der Waals surface area contributed by atoms with Crippen LogP contribution in [-0.2, 0) is 5.72 Å². The molecule has 5 rings (SSSR count). The number of nitrogens with zero attached hydrogens (tertiary/aromatic N) is 2. The van der Waals surface area contributed by atoms with Crippen molar-refractivity contribution in [2.45, 2.75) is 18.7 Å². The fourth-order valence-electron chi connectivity index (χ4n) is 4.20. The van der Waals surface area contributed by atoms with E-state index in [1.807, 2.05) is 19.1 Å². The highest BCUT2D eigenvalue weighted by atomic mass is 79.9. The molecule has 0 radical (unpaired) electrons. The lowest BCUT2D eigenvalue weighted by Gasteiger charge is -2.38. The first kappa shape index (κ1) is 20.7. The van der Waals surface area contributed by atoms with Crippen molar-refractivity contribution in [1.29, 1.82) is 0 Å². The van der Waals surface area contributed by atoms with E-state index in [4.69, 9.17) is 5.11 Å². The number of carbonyl (C=O) groups excluding carboxylic acids is 1. The van der Waals surface area contributed by atoms with Gasteiger partial charge in [0.1, 0.15) is 0 Å². The summed E-state index contributed by atoms with van der Waals surface area (Å²) >= 11 is 4.97. The molecular weight excluding hydrogens is 496 g/mol. The Labute approximate surface area is 194 Å². The van der Waals surface area contributed by atoms with Crippen LogP contribution >= 0.6 is 27.3 Å². The van der Waals surface area contributed by atoms with Gasteiger partial charge in [0, 0.05) is 21.6 Å². The van der Waals surface area contributed by atoms with Gasteiger partial charge in [-0.25, -0.2) is 9.78 Å². The molecule has 2 aromatic carbocycles. The number of aliphatic hydroxyl groups is 1. The predicted molar refractivity (Wildman–Crippen MR) is 124 cm³/mol. The van der Waals surface area contributed by atoms with Crippen molar-refractivity contribution in [3.63, 3.8) is 0 Å². The minimum atomic E-state index is -1.72. The second-order valence-electron chi connectivity index (χ2n) is 7.46. The van der Waals surface area contributed by atoms with Crippen molar-refractivity contribution in [2.75, 3.05) is 5.32 Å². The van der Waals surface area contributed by atoms with E-state index in [0.717, 1.165) is 8.66 Å². The molecule has 10 heteroatoms. The molecule has 1 aliphatic heterocycles. The number of imidazole rings is 1. The third kappa shape index (κ3) is 3.10. The molecule has 0 spiro atoms. The Bertz CT molecular complexity index is 1380. The van der Waals surface area contributed by atoms with E-state index in [1.54, 1.807) is 42.5 Å².